The Morgan fingerprint density at radius 3 is 2.44 bits per heavy atom. The smallest absolute Gasteiger partial charge is 0.187 e. The van der Waals surface area contributed by atoms with Crippen LogP contribution in [0.5, 0.6) is 0 Å². The van der Waals surface area contributed by atoms with Gasteiger partial charge in [0.2, 0.25) is 0 Å². The molecule has 0 bridgehead atoms. The summed E-state index contributed by atoms with van der Waals surface area (Å²) in [5, 5.41) is 28.8. The van der Waals surface area contributed by atoms with Crippen LogP contribution in [0.1, 0.15) is 12.5 Å². The standard InChI is InChI=1S/C13H18O5/c1-8(14)12-10(15)11(16)13(18-12)17-7-9-5-3-2-4-6-9/h2-6,8,10-16H,7H2,1H3/t8?,10-,11+,12-,13+/m0/s1. The van der Waals surface area contributed by atoms with Gasteiger partial charge in [-0.1, -0.05) is 30.3 Å². The number of hydrogen-bond donors (Lipinski definition) is 3. The van der Waals surface area contributed by atoms with Crippen molar-refractivity contribution in [3.63, 3.8) is 0 Å². The molecule has 0 spiro atoms. The highest BCUT2D eigenvalue weighted by molar-refractivity contribution is 5.13. The van der Waals surface area contributed by atoms with E-state index in [0.717, 1.165) is 5.56 Å². The average molecular weight is 254 g/mol. The van der Waals surface area contributed by atoms with Crippen LogP contribution in [0.2, 0.25) is 0 Å². The highest BCUT2D eigenvalue weighted by Gasteiger charge is 2.45. The van der Waals surface area contributed by atoms with Crippen molar-refractivity contribution in [3.8, 4) is 0 Å². The molecule has 1 unspecified atom stereocenters. The lowest BCUT2D eigenvalue weighted by Crippen LogP contribution is -2.37. The van der Waals surface area contributed by atoms with Gasteiger partial charge in [0, 0.05) is 0 Å². The van der Waals surface area contributed by atoms with Crippen LogP contribution in [0, 0.1) is 0 Å². The van der Waals surface area contributed by atoms with Gasteiger partial charge in [-0.05, 0) is 12.5 Å². The summed E-state index contributed by atoms with van der Waals surface area (Å²) in [6.07, 6.45) is -4.88. The van der Waals surface area contributed by atoms with E-state index in [4.69, 9.17) is 9.47 Å². The van der Waals surface area contributed by atoms with Gasteiger partial charge >= 0.3 is 0 Å². The molecule has 18 heavy (non-hydrogen) atoms. The second-order valence-corrected chi connectivity index (χ2v) is 4.49. The van der Waals surface area contributed by atoms with Crippen LogP contribution >= 0.6 is 0 Å². The van der Waals surface area contributed by atoms with Crippen LogP contribution in [0.3, 0.4) is 0 Å². The van der Waals surface area contributed by atoms with Crippen molar-refractivity contribution in [1.29, 1.82) is 0 Å². The molecule has 2 rings (SSSR count). The molecule has 5 atom stereocenters. The minimum atomic E-state index is -1.15. The van der Waals surface area contributed by atoms with Gasteiger partial charge in [-0.15, -0.1) is 0 Å². The van der Waals surface area contributed by atoms with E-state index in [1.165, 1.54) is 6.92 Å². The second kappa shape index (κ2) is 5.77. The van der Waals surface area contributed by atoms with Crippen molar-refractivity contribution in [2.45, 2.75) is 44.2 Å². The first kappa shape index (κ1) is 13.5. The van der Waals surface area contributed by atoms with Gasteiger partial charge in [-0.3, -0.25) is 0 Å². The lowest BCUT2D eigenvalue weighted by Gasteiger charge is -2.16. The molecule has 1 saturated heterocycles. The number of aliphatic hydroxyl groups is 3. The molecule has 0 aromatic heterocycles. The van der Waals surface area contributed by atoms with E-state index in [2.05, 4.69) is 0 Å². The molecule has 0 aliphatic carbocycles. The van der Waals surface area contributed by atoms with Crippen LogP contribution in [-0.2, 0) is 16.1 Å². The molecule has 1 fully saturated rings. The summed E-state index contributed by atoms with van der Waals surface area (Å²) in [6, 6.07) is 9.46. The first-order valence-corrected chi connectivity index (χ1v) is 5.95. The molecular formula is C13H18O5. The van der Waals surface area contributed by atoms with Crippen LogP contribution in [-0.4, -0.2) is 46.0 Å². The van der Waals surface area contributed by atoms with Crippen LogP contribution in [0.4, 0.5) is 0 Å². The summed E-state index contributed by atoms with van der Waals surface area (Å²) in [7, 11) is 0. The molecule has 1 aliphatic heterocycles. The van der Waals surface area contributed by atoms with Gasteiger partial charge in [0.1, 0.15) is 18.3 Å². The Hall–Kier alpha value is -0.980. The first-order valence-electron chi connectivity index (χ1n) is 5.95. The number of benzene rings is 1. The SMILES string of the molecule is CC(O)[C@@H]1O[C@@H](OCc2ccccc2)[C@H](O)[C@@H]1O. The Morgan fingerprint density at radius 1 is 1.22 bits per heavy atom. The van der Waals surface area contributed by atoms with Crippen molar-refractivity contribution >= 4 is 0 Å². The minimum absolute atomic E-state index is 0.280. The Morgan fingerprint density at radius 2 is 1.89 bits per heavy atom. The molecule has 1 aromatic rings. The Labute approximate surface area is 106 Å². The Kier molecular flexibility index (Phi) is 4.31. The van der Waals surface area contributed by atoms with Crippen molar-refractivity contribution < 1.29 is 24.8 Å². The van der Waals surface area contributed by atoms with Crippen molar-refractivity contribution in [3.05, 3.63) is 35.9 Å². The van der Waals surface area contributed by atoms with Gasteiger partial charge in [-0.25, -0.2) is 0 Å². The fraction of sp³-hybridized carbons (Fsp3) is 0.538. The predicted octanol–water partition coefficient (Wildman–Crippen LogP) is 0.0307. The Bertz CT molecular complexity index is 367. The predicted molar refractivity (Wildman–Crippen MR) is 63.6 cm³/mol. The third-order valence-corrected chi connectivity index (χ3v) is 2.99. The van der Waals surface area contributed by atoms with E-state index in [1.807, 2.05) is 30.3 Å². The van der Waals surface area contributed by atoms with Crippen LogP contribution < -0.4 is 0 Å². The average Bonchev–Trinajstić information content (AvgIpc) is 2.65. The highest BCUT2D eigenvalue weighted by Crippen LogP contribution is 2.25. The normalized spacial score (nSPS) is 33.6. The monoisotopic (exact) mass is 254 g/mol. The van der Waals surface area contributed by atoms with Crippen LogP contribution in [0.15, 0.2) is 30.3 Å². The number of ether oxygens (including phenoxy) is 2. The van der Waals surface area contributed by atoms with E-state index in [0.29, 0.717) is 0 Å². The molecule has 0 saturated carbocycles. The van der Waals surface area contributed by atoms with Gasteiger partial charge < -0.3 is 24.8 Å². The summed E-state index contributed by atoms with van der Waals surface area (Å²) < 4.78 is 10.7. The van der Waals surface area contributed by atoms with Crippen molar-refractivity contribution in [2.24, 2.45) is 0 Å². The zero-order valence-corrected chi connectivity index (χ0v) is 10.1. The Balaban J connectivity index is 1.91. The molecular weight excluding hydrogens is 236 g/mol. The van der Waals surface area contributed by atoms with E-state index in [9.17, 15) is 15.3 Å². The first-order chi connectivity index (χ1) is 8.59. The molecule has 1 aliphatic rings. The van der Waals surface area contributed by atoms with E-state index in [-0.39, 0.29) is 6.61 Å². The van der Waals surface area contributed by atoms with E-state index in [1.54, 1.807) is 0 Å². The van der Waals surface area contributed by atoms with E-state index < -0.39 is 30.7 Å². The summed E-state index contributed by atoms with van der Waals surface area (Å²) in [5.41, 5.74) is 0.947. The summed E-state index contributed by atoms with van der Waals surface area (Å²) >= 11 is 0. The zero-order chi connectivity index (χ0) is 13.1. The highest BCUT2D eigenvalue weighted by atomic mass is 16.7. The van der Waals surface area contributed by atoms with Gasteiger partial charge in [0.15, 0.2) is 6.29 Å². The molecule has 0 radical (unpaired) electrons. The molecule has 100 valence electrons. The summed E-state index contributed by atoms with van der Waals surface area (Å²) in [6.45, 7) is 1.78. The fourth-order valence-electron chi connectivity index (χ4n) is 1.96. The minimum Gasteiger partial charge on any atom is -0.391 e. The maximum absolute atomic E-state index is 9.74. The molecule has 5 nitrogen and oxygen atoms in total. The molecule has 3 N–H and O–H groups in total. The van der Waals surface area contributed by atoms with Gasteiger partial charge in [-0.2, -0.15) is 0 Å². The van der Waals surface area contributed by atoms with Gasteiger partial charge in [0.05, 0.1) is 12.7 Å². The quantitative estimate of drug-likeness (QED) is 0.706. The maximum atomic E-state index is 9.74. The number of aliphatic hydroxyl groups excluding tert-OH is 3. The molecule has 1 heterocycles. The molecule has 5 heteroatoms. The third kappa shape index (κ3) is 2.88. The van der Waals surface area contributed by atoms with Crippen molar-refractivity contribution in [1.82, 2.24) is 0 Å². The molecule has 0 amide bonds. The lowest BCUT2D eigenvalue weighted by molar-refractivity contribution is -0.182. The molecule has 1 aromatic carbocycles. The summed E-state index contributed by atoms with van der Waals surface area (Å²) in [5.74, 6) is 0. The lowest BCUT2D eigenvalue weighted by atomic mass is 10.1. The summed E-state index contributed by atoms with van der Waals surface area (Å²) in [4.78, 5) is 0. The van der Waals surface area contributed by atoms with E-state index >= 15 is 0 Å². The third-order valence-electron chi connectivity index (χ3n) is 2.99. The number of rotatable bonds is 4. The zero-order valence-electron chi connectivity index (χ0n) is 10.1. The van der Waals surface area contributed by atoms with Crippen LogP contribution in [0.25, 0.3) is 0 Å². The van der Waals surface area contributed by atoms with Gasteiger partial charge in [0.25, 0.3) is 0 Å². The second-order valence-electron chi connectivity index (χ2n) is 4.49. The largest absolute Gasteiger partial charge is 0.391 e. The topological polar surface area (TPSA) is 79.2 Å². The van der Waals surface area contributed by atoms with Crippen molar-refractivity contribution in [2.75, 3.05) is 0 Å². The maximum Gasteiger partial charge on any atom is 0.187 e. The fourth-order valence-corrected chi connectivity index (χ4v) is 1.96. The number of hydrogen-bond acceptors (Lipinski definition) is 5.